The average molecular weight is 1440 g/mol. The van der Waals surface area contributed by atoms with E-state index in [9.17, 15) is 10.2 Å². The minimum absolute atomic E-state index is 0.00310. The Kier molecular flexibility index (Phi) is 21.4. The van der Waals surface area contributed by atoms with Crippen molar-refractivity contribution >= 4 is 43.6 Å². The Morgan fingerprint density at radius 3 is 0.720 bits per heavy atom. The van der Waals surface area contributed by atoms with Crippen LogP contribution in [-0.2, 0) is 43.3 Å². The molecule has 10 aromatic rings. The number of hydrogen-bond acceptors (Lipinski definition) is 4. The molecule has 0 fully saturated rings. The molecule has 0 saturated carbocycles. The minimum Gasteiger partial charge on any atom is -0.505 e. The third-order valence-corrected chi connectivity index (χ3v) is 22.6. The molecule has 6 nitrogen and oxygen atoms in total. The summed E-state index contributed by atoms with van der Waals surface area (Å²) in [6.07, 6.45) is 4.28. The van der Waals surface area contributed by atoms with Crippen LogP contribution in [0.1, 0.15) is 309 Å². The number of aryl methyl sites for hydroxylation is 2. The molecular weight excluding hydrogens is 1310 g/mol. The van der Waals surface area contributed by atoms with Crippen molar-refractivity contribution in [3.63, 3.8) is 0 Å². The molecule has 0 aliphatic rings. The number of ether oxygens (including phenoxy) is 2. The zero-order valence-corrected chi connectivity index (χ0v) is 73.1. The second kappa shape index (κ2) is 27.8. The maximum Gasteiger partial charge on any atom is 0.147 e. The monoisotopic (exact) mass is 1440 g/mol. The molecule has 6 heteroatoms. The Morgan fingerprint density at radius 1 is 0.271 bits per heavy atom. The van der Waals surface area contributed by atoms with Crippen LogP contribution in [0.5, 0.6) is 23.0 Å². The lowest BCUT2D eigenvalue weighted by molar-refractivity contribution is 0.246. The van der Waals surface area contributed by atoms with Gasteiger partial charge in [0.2, 0.25) is 0 Å². The maximum atomic E-state index is 13.9. The van der Waals surface area contributed by atoms with Gasteiger partial charge in [0.25, 0.3) is 0 Å². The first-order valence-corrected chi connectivity index (χ1v) is 40.2. The van der Waals surface area contributed by atoms with Crippen molar-refractivity contribution in [3.05, 3.63) is 177 Å². The van der Waals surface area contributed by atoms with Crippen molar-refractivity contribution in [3.8, 4) is 56.6 Å². The van der Waals surface area contributed by atoms with Crippen LogP contribution in [0.3, 0.4) is 0 Å². The molecular formula is C101H138N2O4. The van der Waals surface area contributed by atoms with Gasteiger partial charge < -0.3 is 28.8 Å². The first-order chi connectivity index (χ1) is 48.7. The van der Waals surface area contributed by atoms with E-state index in [4.69, 9.17) is 9.47 Å². The van der Waals surface area contributed by atoms with Gasteiger partial charge in [-0.05, 0) is 221 Å². The molecule has 107 heavy (non-hydrogen) atoms. The summed E-state index contributed by atoms with van der Waals surface area (Å²) in [6.45, 7) is 79.5. The van der Waals surface area contributed by atoms with E-state index in [1.165, 1.54) is 33.4 Å². The summed E-state index contributed by atoms with van der Waals surface area (Å²) < 4.78 is 19.5. The van der Waals surface area contributed by atoms with Crippen molar-refractivity contribution in [1.29, 1.82) is 0 Å². The van der Waals surface area contributed by atoms with Crippen LogP contribution in [0.2, 0.25) is 0 Å². The number of hydrogen-bond donors (Lipinski definition) is 2. The summed E-state index contributed by atoms with van der Waals surface area (Å²) in [5.74, 6) is 1.94. The highest BCUT2D eigenvalue weighted by molar-refractivity contribution is 6.11. The standard InChI is InChI=1S/C101H138N2O4/c1-62-46-68(98(27,28)58-90(3,4)5)50-78(76-48-70(100(31,32)60-92(9,10)11)56-84(86(76)104)102-80-52-64(94(15,16)17)36-40-72(80)73-41-37-65(53-81(73)102)95(18,19)20)88(62)106-44-35-45-107-89-63(2)47-69(99(29,30)59-91(6,7)8)51-79(89)77-49-71(101(33,34)61-93(12,13)14)57-85(87(77)105)103-82-54-66(96(21,22)23)38-42-74(82)75-43-39-67(55-83(75)103)97(24,25)26/h36-43,46-57,104-105H,35,44-45,58-61H2,1-34H3. The molecule has 10 rings (SSSR count). The largest absolute Gasteiger partial charge is 0.505 e. The summed E-state index contributed by atoms with van der Waals surface area (Å²) in [4.78, 5) is 0. The van der Waals surface area contributed by atoms with E-state index in [1.807, 2.05) is 0 Å². The van der Waals surface area contributed by atoms with Crippen LogP contribution in [0.15, 0.2) is 121 Å². The minimum atomic E-state index is -0.310. The van der Waals surface area contributed by atoms with E-state index in [2.05, 4.69) is 366 Å². The van der Waals surface area contributed by atoms with E-state index >= 15 is 0 Å². The Labute approximate surface area is 647 Å². The highest BCUT2D eigenvalue weighted by Crippen LogP contribution is 2.54. The molecule has 0 unspecified atom stereocenters. The van der Waals surface area contributed by atoms with Crippen LogP contribution in [-0.4, -0.2) is 32.6 Å². The zero-order chi connectivity index (χ0) is 79.8. The highest BCUT2D eigenvalue weighted by atomic mass is 16.5. The van der Waals surface area contributed by atoms with Crippen molar-refractivity contribution in [2.75, 3.05) is 13.2 Å². The predicted octanol–water partition coefficient (Wildman–Crippen LogP) is 29.1. The molecule has 0 spiro atoms. The SMILES string of the molecule is Cc1cc(C(C)(C)CC(C)(C)C)cc(-c2cc(C(C)(C)CC(C)(C)C)cc(-n3c4cc(C(C)(C)C)ccc4c4ccc(C(C)(C)C)cc43)c2O)c1OCCCOc1c(C)cc(C(C)(C)CC(C)(C)C)cc1-c1cc(C(C)(C)CC(C)(C)C)cc(-n2c3cc(C(C)(C)C)ccc3c3ccc(C(C)(C)C)cc32)c1O. The Balaban J connectivity index is 1.17. The van der Waals surface area contributed by atoms with Crippen LogP contribution >= 0.6 is 0 Å². The van der Waals surface area contributed by atoms with Crippen molar-refractivity contribution in [1.82, 2.24) is 9.13 Å². The quantitative estimate of drug-likeness (QED) is 0.0840. The molecule has 2 heterocycles. The molecule has 0 bridgehead atoms. The number of rotatable bonds is 18. The van der Waals surface area contributed by atoms with Crippen molar-refractivity contribution in [2.45, 2.75) is 311 Å². The normalized spacial score (nSPS) is 13.9. The number of aromatic nitrogens is 2. The summed E-state index contributed by atoms with van der Waals surface area (Å²) in [6, 6.07) is 46.3. The van der Waals surface area contributed by atoms with Gasteiger partial charge in [-0.3, -0.25) is 0 Å². The summed E-state index contributed by atoms with van der Waals surface area (Å²) in [5.41, 5.74) is 19.3. The van der Waals surface area contributed by atoms with E-state index < -0.39 is 0 Å². The molecule has 576 valence electrons. The molecule has 0 aliphatic heterocycles. The first kappa shape index (κ1) is 82.1. The van der Waals surface area contributed by atoms with E-state index in [0.717, 1.165) is 137 Å². The predicted molar refractivity (Wildman–Crippen MR) is 464 cm³/mol. The molecule has 0 saturated heterocycles. The summed E-state index contributed by atoms with van der Waals surface area (Å²) in [7, 11) is 0. The summed E-state index contributed by atoms with van der Waals surface area (Å²) in [5, 5.41) is 32.4. The van der Waals surface area contributed by atoms with Gasteiger partial charge >= 0.3 is 0 Å². The van der Waals surface area contributed by atoms with E-state index in [0.29, 0.717) is 19.6 Å². The Hall–Kier alpha value is -7.44. The second-order valence-corrected chi connectivity index (χ2v) is 44.3. The van der Waals surface area contributed by atoms with E-state index in [1.54, 1.807) is 0 Å². The molecule has 2 aromatic heterocycles. The summed E-state index contributed by atoms with van der Waals surface area (Å²) >= 11 is 0. The molecule has 0 atom stereocenters. The van der Waals surface area contributed by atoms with Gasteiger partial charge in [-0.2, -0.15) is 0 Å². The Morgan fingerprint density at radius 2 is 0.495 bits per heavy atom. The highest BCUT2D eigenvalue weighted by Gasteiger charge is 2.37. The number of phenolic OH excluding ortho intramolecular Hbond substituents is 2. The first-order valence-electron chi connectivity index (χ1n) is 40.2. The van der Waals surface area contributed by atoms with Gasteiger partial charge in [0.15, 0.2) is 0 Å². The fourth-order valence-corrected chi connectivity index (χ4v) is 18.4. The lowest BCUT2D eigenvalue weighted by atomic mass is 9.70. The zero-order valence-electron chi connectivity index (χ0n) is 73.1. The van der Waals surface area contributed by atoms with Crippen LogP contribution in [0.25, 0.3) is 77.2 Å². The number of benzene rings is 8. The third kappa shape index (κ3) is 17.6. The molecule has 0 aliphatic carbocycles. The van der Waals surface area contributed by atoms with E-state index in [-0.39, 0.29) is 76.5 Å². The average Bonchev–Trinajstić information content (AvgIpc) is 1.66. The number of nitrogens with zero attached hydrogens (tertiary/aromatic N) is 2. The number of phenols is 2. The fraction of sp³-hybridized carbons (Fsp3) is 0.525. The van der Waals surface area contributed by atoms with Crippen LogP contribution < -0.4 is 9.47 Å². The topological polar surface area (TPSA) is 68.8 Å². The molecule has 2 N–H and O–H groups in total. The van der Waals surface area contributed by atoms with Gasteiger partial charge in [0, 0.05) is 50.2 Å². The lowest BCUT2D eigenvalue weighted by Gasteiger charge is -2.35. The third-order valence-electron chi connectivity index (χ3n) is 22.6. The van der Waals surface area contributed by atoms with Gasteiger partial charge in [-0.15, -0.1) is 0 Å². The fourth-order valence-electron chi connectivity index (χ4n) is 18.4. The van der Waals surface area contributed by atoms with Gasteiger partial charge in [0.05, 0.1) is 46.7 Å². The smallest absolute Gasteiger partial charge is 0.147 e. The van der Waals surface area contributed by atoms with Crippen LogP contribution in [0, 0.1) is 35.5 Å². The molecule has 8 aromatic carbocycles. The maximum absolute atomic E-state index is 13.9. The van der Waals surface area contributed by atoms with Crippen LogP contribution in [0.4, 0.5) is 0 Å². The molecule has 0 amide bonds. The lowest BCUT2D eigenvalue weighted by Crippen LogP contribution is -2.25. The van der Waals surface area contributed by atoms with Crippen molar-refractivity contribution < 1.29 is 19.7 Å². The second-order valence-electron chi connectivity index (χ2n) is 44.3. The van der Waals surface area contributed by atoms with Gasteiger partial charge in [0.1, 0.15) is 23.0 Å². The number of aromatic hydroxyl groups is 2. The van der Waals surface area contributed by atoms with Gasteiger partial charge in [-0.25, -0.2) is 0 Å². The molecule has 0 radical (unpaired) electrons. The van der Waals surface area contributed by atoms with Gasteiger partial charge in [-0.1, -0.05) is 282 Å². The number of fused-ring (bicyclic) bond motifs is 6. The Bertz CT molecular complexity index is 4550. The van der Waals surface area contributed by atoms with Crippen molar-refractivity contribution in [2.24, 2.45) is 21.7 Å².